The number of halogens is 1. The Morgan fingerprint density at radius 3 is 2.67 bits per heavy atom. The van der Waals surface area contributed by atoms with Gasteiger partial charge >= 0.3 is 5.97 Å². The molecule has 1 aromatic carbocycles. The number of benzene rings is 1. The summed E-state index contributed by atoms with van der Waals surface area (Å²) in [7, 11) is 0. The van der Waals surface area contributed by atoms with Crippen molar-refractivity contribution in [3.63, 3.8) is 0 Å². The number of ketones is 1. The quantitative estimate of drug-likeness (QED) is 0.459. The van der Waals surface area contributed by atoms with Gasteiger partial charge in [-0.25, -0.2) is 4.79 Å². The number of alkyl halides is 1. The zero-order valence-corrected chi connectivity index (χ0v) is 11.5. The van der Waals surface area contributed by atoms with Gasteiger partial charge < -0.3 is 4.74 Å². The summed E-state index contributed by atoms with van der Waals surface area (Å²) in [6, 6.07) is 4.57. The molecular formula is C13H13BrO4. The number of Topliss-reactive ketones (excluding diaryl/α,β-unsaturated/α-hetero) is 1. The number of carbonyl (C=O) groups excluding carboxylic acids is 3. The normalized spacial score (nSPS) is 9.89. The zero-order valence-electron chi connectivity index (χ0n) is 9.94. The molecule has 0 aliphatic rings. The van der Waals surface area contributed by atoms with E-state index in [1.54, 1.807) is 6.92 Å². The predicted molar refractivity (Wildman–Crippen MR) is 70.3 cm³/mol. The Bertz CT molecular complexity index is 468. The van der Waals surface area contributed by atoms with E-state index < -0.39 is 5.97 Å². The van der Waals surface area contributed by atoms with Gasteiger partial charge in [0, 0.05) is 12.0 Å². The summed E-state index contributed by atoms with van der Waals surface area (Å²) in [6.07, 6.45) is 0.790. The molecule has 0 N–H and O–H groups in total. The van der Waals surface area contributed by atoms with Crippen molar-refractivity contribution in [3.8, 4) is 0 Å². The summed E-state index contributed by atoms with van der Waals surface area (Å²) in [5.41, 5.74) is 1.30. The molecule has 0 saturated heterocycles. The van der Waals surface area contributed by atoms with Gasteiger partial charge in [-0.1, -0.05) is 22.0 Å². The second-order valence-corrected chi connectivity index (χ2v) is 4.16. The lowest BCUT2D eigenvalue weighted by atomic mass is 10.0. The Kier molecular flexibility index (Phi) is 5.71. The first-order valence-corrected chi connectivity index (χ1v) is 6.57. The fourth-order valence-corrected chi connectivity index (χ4v) is 1.67. The Morgan fingerprint density at radius 2 is 2.11 bits per heavy atom. The van der Waals surface area contributed by atoms with Crippen molar-refractivity contribution in [2.24, 2.45) is 0 Å². The van der Waals surface area contributed by atoms with E-state index in [0.717, 1.165) is 0 Å². The van der Waals surface area contributed by atoms with Gasteiger partial charge in [-0.3, -0.25) is 9.59 Å². The van der Waals surface area contributed by atoms with Gasteiger partial charge in [-0.15, -0.1) is 0 Å². The summed E-state index contributed by atoms with van der Waals surface area (Å²) >= 11 is 3.06. The third kappa shape index (κ3) is 3.77. The van der Waals surface area contributed by atoms with Gasteiger partial charge in [0.15, 0.2) is 0 Å². The standard InChI is InChI=1S/C13H13BrO4/c1-2-18-13(17)9-3-4-10(8-15)11(5-9)6-12(16)7-14/h3-5,8H,2,6-7H2,1H3. The van der Waals surface area contributed by atoms with E-state index in [9.17, 15) is 14.4 Å². The maximum absolute atomic E-state index is 11.5. The molecule has 4 nitrogen and oxygen atoms in total. The van der Waals surface area contributed by atoms with Crippen LogP contribution >= 0.6 is 15.9 Å². The van der Waals surface area contributed by atoms with Crippen LogP contribution in [0.25, 0.3) is 0 Å². The molecule has 0 spiro atoms. The number of aldehydes is 1. The first-order chi connectivity index (χ1) is 8.62. The van der Waals surface area contributed by atoms with Gasteiger partial charge in [0.05, 0.1) is 17.5 Å². The molecule has 0 saturated carbocycles. The molecule has 0 heterocycles. The molecule has 0 amide bonds. The molecule has 96 valence electrons. The Balaban J connectivity index is 3.05. The van der Waals surface area contributed by atoms with Gasteiger partial charge in [-0.05, 0) is 24.6 Å². The number of carbonyl (C=O) groups is 3. The Morgan fingerprint density at radius 1 is 1.39 bits per heavy atom. The highest BCUT2D eigenvalue weighted by atomic mass is 79.9. The Hall–Kier alpha value is -1.49. The lowest BCUT2D eigenvalue weighted by molar-refractivity contribution is -0.115. The molecule has 0 atom stereocenters. The highest BCUT2D eigenvalue weighted by molar-refractivity contribution is 9.09. The van der Waals surface area contributed by atoms with Gasteiger partial charge in [0.25, 0.3) is 0 Å². The first kappa shape index (κ1) is 14.6. The van der Waals surface area contributed by atoms with E-state index in [1.165, 1.54) is 18.2 Å². The fourth-order valence-electron chi connectivity index (χ4n) is 1.47. The van der Waals surface area contributed by atoms with Crippen LogP contribution < -0.4 is 0 Å². The highest BCUT2D eigenvalue weighted by Crippen LogP contribution is 2.13. The lowest BCUT2D eigenvalue weighted by Crippen LogP contribution is -2.09. The molecule has 0 aliphatic carbocycles. The van der Waals surface area contributed by atoms with Crippen molar-refractivity contribution in [1.29, 1.82) is 0 Å². The SMILES string of the molecule is CCOC(=O)c1ccc(C=O)c(CC(=O)CBr)c1. The summed E-state index contributed by atoms with van der Waals surface area (Å²) < 4.78 is 4.87. The molecule has 0 fully saturated rings. The van der Waals surface area contributed by atoms with Crippen LogP contribution in [-0.2, 0) is 16.0 Å². The number of hydrogen-bond acceptors (Lipinski definition) is 4. The van der Waals surface area contributed by atoms with E-state index in [-0.39, 0.29) is 24.1 Å². The minimum absolute atomic E-state index is 0.0564. The molecule has 18 heavy (non-hydrogen) atoms. The first-order valence-electron chi connectivity index (χ1n) is 5.45. The summed E-state index contributed by atoms with van der Waals surface area (Å²) in [5.74, 6) is -0.512. The van der Waals surface area contributed by atoms with Gasteiger partial charge in [0.2, 0.25) is 0 Å². The molecule has 0 aromatic heterocycles. The maximum Gasteiger partial charge on any atom is 0.338 e. The molecule has 0 bridgehead atoms. The van der Waals surface area contributed by atoms with Crippen LogP contribution in [0.4, 0.5) is 0 Å². The van der Waals surface area contributed by atoms with E-state index in [1.807, 2.05) is 0 Å². The summed E-state index contributed by atoms with van der Waals surface area (Å²) in [6.45, 7) is 2.00. The van der Waals surface area contributed by atoms with Crippen LogP contribution in [-0.4, -0.2) is 30.0 Å². The topological polar surface area (TPSA) is 60.4 Å². The smallest absolute Gasteiger partial charge is 0.338 e. The minimum Gasteiger partial charge on any atom is -0.462 e. The fraction of sp³-hybridized carbons (Fsp3) is 0.308. The minimum atomic E-state index is -0.456. The molecule has 1 aromatic rings. The average molecular weight is 313 g/mol. The van der Waals surface area contributed by atoms with E-state index >= 15 is 0 Å². The van der Waals surface area contributed by atoms with Crippen LogP contribution in [0.15, 0.2) is 18.2 Å². The second-order valence-electron chi connectivity index (χ2n) is 3.60. The third-order valence-electron chi connectivity index (χ3n) is 2.32. The number of rotatable bonds is 6. The maximum atomic E-state index is 11.5. The second kappa shape index (κ2) is 7.06. The summed E-state index contributed by atoms with van der Waals surface area (Å²) in [4.78, 5) is 33.8. The molecule has 0 aliphatic heterocycles. The largest absolute Gasteiger partial charge is 0.462 e. The zero-order chi connectivity index (χ0) is 13.5. The van der Waals surface area contributed by atoms with Crippen molar-refractivity contribution in [3.05, 3.63) is 34.9 Å². The highest BCUT2D eigenvalue weighted by Gasteiger charge is 2.12. The average Bonchev–Trinajstić information content (AvgIpc) is 2.38. The summed E-state index contributed by atoms with van der Waals surface area (Å²) in [5, 5.41) is 0.217. The van der Waals surface area contributed by atoms with Gasteiger partial charge in [0.1, 0.15) is 12.1 Å². The van der Waals surface area contributed by atoms with Crippen molar-refractivity contribution < 1.29 is 19.1 Å². The van der Waals surface area contributed by atoms with Crippen molar-refractivity contribution in [2.45, 2.75) is 13.3 Å². The van der Waals surface area contributed by atoms with Crippen molar-refractivity contribution in [2.75, 3.05) is 11.9 Å². The lowest BCUT2D eigenvalue weighted by Gasteiger charge is -2.06. The van der Waals surface area contributed by atoms with Crippen LogP contribution in [0.1, 0.15) is 33.2 Å². The van der Waals surface area contributed by atoms with Crippen LogP contribution in [0.3, 0.4) is 0 Å². The van der Waals surface area contributed by atoms with Crippen LogP contribution in [0.2, 0.25) is 0 Å². The molecule has 0 unspecified atom stereocenters. The Labute approximate surface area is 113 Å². The van der Waals surface area contributed by atoms with E-state index in [0.29, 0.717) is 23.0 Å². The van der Waals surface area contributed by atoms with Crippen LogP contribution in [0.5, 0.6) is 0 Å². The van der Waals surface area contributed by atoms with E-state index in [2.05, 4.69) is 15.9 Å². The predicted octanol–water partition coefficient (Wildman–Crippen LogP) is 2.18. The third-order valence-corrected chi connectivity index (χ3v) is 2.94. The number of hydrogen-bond donors (Lipinski definition) is 0. The molecule has 0 radical (unpaired) electrons. The number of ether oxygens (including phenoxy) is 1. The van der Waals surface area contributed by atoms with Crippen molar-refractivity contribution in [1.82, 2.24) is 0 Å². The molecular weight excluding hydrogens is 300 g/mol. The van der Waals surface area contributed by atoms with Crippen molar-refractivity contribution >= 4 is 34.0 Å². The van der Waals surface area contributed by atoms with E-state index in [4.69, 9.17) is 4.74 Å². The molecule has 5 heteroatoms. The number of esters is 1. The van der Waals surface area contributed by atoms with Gasteiger partial charge in [-0.2, -0.15) is 0 Å². The molecule has 1 rings (SSSR count). The monoisotopic (exact) mass is 312 g/mol. The van der Waals surface area contributed by atoms with Crippen LogP contribution in [0, 0.1) is 0 Å².